The van der Waals surface area contributed by atoms with Gasteiger partial charge in [-0.3, -0.25) is 13.9 Å². The summed E-state index contributed by atoms with van der Waals surface area (Å²) in [6, 6.07) is 10.1. The van der Waals surface area contributed by atoms with Gasteiger partial charge in [-0.15, -0.1) is 0 Å². The lowest BCUT2D eigenvalue weighted by Gasteiger charge is -2.33. The molecule has 0 unspecified atom stereocenters. The normalized spacial score (nSPS) is 24.5. The molecule has 14 nitrogen and oxygen atoms in total. The third kappa shape index (κ3) is 6.81. The van der Waals surface area contributed by atoms with E-state index in [1.54, 1.807) is 58.0 Å². The lowest BCUT2D eigenvalue weighted by atomic mass is 10.1. The predicted octanol–water partition coefficient (Wildman–Crippen LogP) is 3.14. The number of aromatic nitrogens is 2. The number of esters is 1. The Morgan fingerprint density at radius 2 is 1.74 bits per heavy atom. The molecule has 15 heteroatoms. The van der Waals surface area contributed by atoms with E-state index in [0.717, 1.165) is 4.57 Å². The molecule has 2 aliphatic heterocycles. The molecule has 2 aliphatic rings. The van der Waals surface area contributed by atoms with Gasteiger partial charge in [-0.25, -0.2) is 9.59 Å². The van der Waals surface area contributed by atoms with E-state index >= 15 is 0 Å². The molecule has 0 spiro atoms. The fourth-order valence-electron chi connectivity index (χ4n) is 4.95. The fourth-order valence-corrected chi connectivity index (χ4v) is 6.87. The van der Waals surface area contributed by atoms with Crippen molar-refractivity contribution in [2.75, 3.05) is 25.6 Å². The van der Waals surface area contributed by atoms with Gasteiger partial charge in [-0.05, 0) is 39.3 Å². The van der Waals surface area contributed by atoms with E-state index in [1.165, 1.54) is 26.3 Å². The van der Waals surface area contributed by atoms with Crippen LogP contribution in [0.1, 0.15) is 52.5 Å². The fraction of sp³-hybridized carbons (Fsp3) is 0.556. The Bertz CT molecular complexity index is 1360. The molecule has 3 heterocycles. The Labute approximate surface area is 243 Å². The van der Waals surface area contributed by atoms with E-state index in [4.69, 9.17) is 32.7 Å². The van der Waals surface area contributed by atoms with Gasteiger partial charge < -0.3 is 38.0 Å². The van der Waals surface area contributed by atoms with Crippen LogP contribution in [-0.4, -0.2) is 71.7 Å². The lowest BCUT2D eigenvalue weighted by molar-refractivity contribution is -0.208. The first-order valence-corrected chi connectivity index (χ1v) is 15.1. The molecule has 4 rings (SSSR count). The summed E-state index contributed by atoms with van der Waals surface area (Å²) in [4.78, 5) is 41.9. The summed E-state index contributed by atoms with van der Waals surface area (Å²) < 4.78 is 56.4. The van der Waals surface area contributed by atoms with Crippen LogP contribution < -0.4 is 11.0 Å². The maximum atomic E-state index is 14.2. The number of nitrogens with zero attached hydrogens (tertiary/aromatic N) is 2. The Hall–Kier alpha value is -2.97. The lowest BCUT2D eigenvalue weighted by Crippen LogP contribution is -2.42. The van der Waals surface area contributed by atoms with E-state index < -0.39 is 67.4 Å². The highest BCUT2D eigenvalue weighted by Crippen LogP contribution is 2.59. The van der Waals surface area contributed by atoms with Crippen molar-refractivity contribution >= 4 is 25.3 Å². The first-order chi connectivity index (χ1) is 19.9. The number of carbonyl (C=O) groups is 2. The minimum absolute atomic E-state index is 0.0290. The van der Waals surface area contributed by atoms with Crippen LogP contribution in [0, 0.1) is 0 Å². The molecular weight excluding hydrogens is 573 g/mol. The van der Waals surface area contributed by atoms with Crippen molar-refractivity contribution in [2.45, 2.75) is 76.9 Å². The van der Waals surface area contributed by atoms with Crippen LogP contribution in [0.15, 0.2) is 47.4 Å². The highest BCUT2D eigenvalue weighted by atomic mass is 31.2. The van der Waals surface area contributed by atoms with Gasteiger partial charge in [0.1, 0.15) is 24.1 Å². The number of methoxy groups -OCH3 is 1. The quantitative estimate of drug-likeness (QED) is 0.277. The number of anilines is 1. The summed E-state index contributed by atoms with van der Waals surface area (Å²) >= 11 is 0. The van der Waals surface area contributed by atoms with Crippen LogP contribution in [0.5, 0.6) is 0 Å². The monoisotopic (exact) mass is 609 g/mol. The highest BCUT2D eigenvalue weighted by Gasteiger charge is 2.62. The Morgan fingerprint density at radius 1 is 1.10 bits per heavy atom. The number of hydrogen-bond donors (Lipinski definition) is 1. The van der Waals surface area contributed by atoms with Gasteiger partial charge in [0.05, 0.1) is 13.2 Å². The number of rotatable bonds is 12. The second kappa shape index (κ2) is 13.1. The molecule has 1 amide bonds. The Morgan fingerprint density at radius 3 is 2.31 bits per heavy atom. The van der Waals surface area contributed by atoms with Gasteiger partial charge in [-0.1, -0.05) is 30.3 Å². The molecule has 2 aromatic rings. The molecule has 1 aromatic carbocycles. The Balaban J connectivity index is 1.75. The largest absolute Gasteiger partial charge is 0.444 e. The first-order valence-electron chi connectivity index (χ1n) is 13.5. The number of hydrogen-bond acceptors (Lipinski definition) is 12. The van der Waals surface area contributed by atoms with Crippen molar-refractivity contribution in [2.24, 2.45) is 0 Å². The molecule has 42 heavy (non-hydrogen) atoms. The summed E-state index contributed by atoms with van der Waals surface area (Å²) in [6.45, 7) is 7.81. The molecule has 2 saturated heterocycles. The topological polar surface area (TPSA) is 163 Å². The smallest absolute Gasteiger partial charge is 0.373 e. The maximum Gasteiger partial charge on any atom is 0.373 e. The molecule has 1 aromatic heterocycles. The maximum absolute atomic E-state index is 14.2. The Kier molecular flexibility index (Phi) is 9.99. The number of benzene rings is 1. The predicted molar refractivity (Wildman–Crippen MR) is 147 cm³/mol. The number of carbonyl (C=O) groups excluding carboxylic acids is 2. The van der Waals surface area contributed by atoms with Crippen molar-refractivity contribution in [3.63, 3.8) is 0 Å². The highest BCUT2D eigenvalue weighted by molar-refractivity contribution is 7.54. The zero-order chi connectivity index (χ0) is 30.7. The van der Waals surface area contributed by atoms with Crippen LogP contribution in [0.3, 0.4) is 0 Å². The summed E-state index contributed by atoms with van der Waals surface area (Å²) in [5, 5.41) is 2.45. The summed E-state index contributed by atoms with van der Waals surface area (Å²) in [5.74, 6) is -3.99. The van der Waals surface area contributed by atoms with Crippen LogP contribution in [0.2, 0.25) is 0 Å². The van der Waals surface area contributed by atoms with E-state index in [-0.39, 0.29) is 19.0 Å². The van der Waals surface area contributed by atoms with E-state index in [0.29, 0.717) is 5.56 Å². The average Bonchev–Trinajstić information content (AvgIpc) is 3.41. The SMILES string of the molecule is CCOP(=O)(OCC)[C@H](OC(=O)[C@@H](OC)c1ccccc1)[C@H]1O[C@@H](n2ccc(NC(C)=O)nc2=O)[C@@H]2OC(C)(C)O[C@@H]21. The van der Waals surface area contributed by atoms with Crippen LogP contribution in [0.25, 0.3) is 0 Å². The van der Waals surface area contributed by atoms with Gasteiger partial charge >= 0.3 is 19.3 Å². The van der Waals surface area contributed by atoms with Crippen molar-refractivity contribution in [3.05, 3.63) is 58.6 Å². The van der Waals surface area contributed by atoms with Crippen molar-refractivity contribution in [3.8, 4) is 0 Å². The van der Waals surface area contributed by atoms with Crippen molar-refractivity contribution in [1.82, 2.24) is 9.55 Å². The molecule has 0 radical (unpaired) electrons. The first kappa shape index (κ1) is 32.0. The standard InChI is InChI=1S/C27H36N3O11P/c1-7-36-42(34,37-8-2)25(39-24(32)19(35-6)17-12-10-9-11-13-17)22-20-21(41-27(4,5)40-20)23(38-22)30-15-14-18(28-16(3)31)29-26(30)33/h9-15,19-23,25H,7-8H2,1-6H3,(H,28,29,31,33)/t19-,20-,21+,22-,23+,25-/m0/s1. The van der Waals surface area contributed by atoms with Gasteiger partial charge in [0.15, 0.2) is 18.1 Å². The molecule has 6 atom stereocenters. The molecule has 0 saturated carbocycles. The van der Waals surface area contributed by atoms with Gasteiger partial charge in [0.25, 0.3) is 0 Å². The van der Waals surface area contributed by atoms with E-state index in [9.17, 15) is 18.9 Å². The van der Waals surface area contributed by atoms with Crippen molar-refractivity contribution in [1.29, 1.82) is 0 Å². The van der Waals surface area contributed by atoms with E-state index in [1.807, 2.05) is 0 Å². The summed E-state index contributed by atoms with van der Waals surface area (Å²) in [6.07, 6.45) is -4.09. The second-order valence-electron chi connectivity index (χ2n) is 9.97. The van der Waals surface area contributed by atoms with Crippen LogP contribution in [-0.2, 0) is 46.9 Å². The number of nitrogens with one attached hydrogen (secondary N) is 1. The molecule has 2 fully saturated rings. The number of ether oxygens (including phenoxy) is 5. The summed E-state index contributed by atoms with van der Waals surface area (Å²) in [7, 11) is -2.88. The number of amides is 1. The molecule has 1 N–H and O–H groups in total. The minimum Gasteiger partial charge on any atom is -0.444 e. The average molecular weight is 610 g/mol. The second-order valence-corrected chi connectivity index (χ2v) is 12.1. The summed E-state index contributed by atoms with van der Waals surface area (Å²) in [5.41, 5.74) is -0.248. The van der Waals surface area contributed by atoms with Crippen molar-refractivity contribution < 1.29 is 46.9 Å². The van der Waals surface area contributed by atoms with Crippen LogP contribution >= 0.6 is 7.60 Å². The third-order valence-corrected chi connectivity index (χ3v) is 8.73. The zero-order valence-electron chi connectivity index (χ0n) is 24.3. The van der Waals surface area contributed by atoms with Crippen LogP contribution in [0.4, 0.5) is 5.82 Å². The van der Waals surface area contributed by atoms with Gasteiger partial charge in [0.2, 0.25) is 11.8 Å². The van der Waals surface area contributed by atoms with E-state index in [2.05, 4.69) is 10.3 Å². The molecule has 230 valence electrons. The minimum atomic E-state index is -4.23. The molecular formula is C27H36N3O11P. The zero-order valence-corrected chi connectivity index (χ0v) is 25.1. The number of fused-ring (bicyclic) bond motifs is 1. The van der Waals surface area contributed by atoms with Gasteiger partial charge in [0, 0.05) is 20.2 Å². The molecule has 0 bridgehead atoms. The molecule has 0 aliphatic carbocycles. The third-order valence-electron chi connectivity index (χ3n) is 6.47. The van der Waals surface area contributed by atoms with Gasteiger partial charge in [-0.2, -0.15) is 4.98 Å².